The number of rotatable bonds is 3. The average molecular weight is 204 g/mol. The summed E-state index contributed by atoms with van der Waals surface area (Å²) < 4.78 is 6.92. The van der Waals surface area contributed by atoms with Gasteiger partial charge in [-0.25, -0.2) is 9.67 Å². The second-order valence-electron chi connectivity index (χ2n) is 2.96. The molecule has 0 radical (unpaired) electrons. The van der Waals surface area contributed by atoms with Crippen LogP contribution in [-0.4, -0.2) is 21.9 Å². The van der Waals surface area contributed by atoms with Gasteiger partial charge in [-0.3, -0.25) is 0 Å². The SMILES string of the molecule is COc1ccccc1-n1ncnc1CN. The average Bonchev–Trinajstić information content (AvgIpc) is 2.76. The van der Waals surface area contributed by atoms with Crippen molar-refractivity contribution in [2.24, 2.45) is 5.73 Å². The van der Waals surface area contributed by atoms with Crippen LogP contribution in [0.15, 0.2) is 30.6 Å². The molecular weight excluding hydrogens is 192 g/mol. The van der Waals surface area contributed by atoms with Crippen molar-refractivity contribution in [3.63, 3.8) is 0 Å². The number of aromatic nitrogens is 3. The molecule has 0 spiro atoms. The van der Waals surface area contributed by atoms with Crippen LogP contribution in [0.3, 0.4) is 0 Å². The maximum absolute atomic E-state index is 5.56. The minimum atomic E-state index is 0.345. The van der Waals surface area contributed by atoms with E-state index >= 15 is 0 Å². The smallest absolute Gasteiger partial charge is 0.146 e. The van der Waals surface area contributed by atoms with E-state index in [1.165, 1.54) is 6.33 Å². The summed E-state index contributed by atoms with van der Waals surface area (Å²) in [5.74, 6) is 1.46. The Bertz CT molecular complexity index is 452. The molecule has 0 unspecified atom stereocenters. The van der Waals surface area contributed by atoms with E-state index < -0.39 is 0 Å². The normalized spacial score (nSPS) is 10.3. The third kappa shape index (κ3) is 1.69. The fraction of sp³-hybridized carbons (Fsp3) is 0.200. The minimum absolute atomic E-state index is 0.345. The van der Waals surface area contributed by atoms with E-state index in [-0.39, 0.29) is 0 Å². The Kier molecular flexibility index (Phi) is 2.64. The monoisotopic (exact) mass is 204 g/mol. The van der Waals surface area contributed by atoms with Gasteiger partial charge < -0.3 is 10.5 Å². The standard InChI is InChI=1S/C10H12N4O/c1-15-9-5-3-2-4-8(9)14-10(6-11)12-7-13-14/h2-5,7H,6,11H2,1H3. The predicted molar refractivity (Wildman–Crippen MR) is 55.8 cm³/mol. The quantitative estimate of drug-likeness (QED) is 0.800. The van der Waals surface area contributed by atoms with E-state index in [0.717, 1.165) is 11.4 Å². The van der Waals surface area contributed by atoms with Crippen LogP contribution in [0, 0.1) is 0 Å². The highest BCUT2D eigenvalue weighted by atomic mass is 16.5. The number of hydrogen-bond acceptors (Lipinski definition) is 4. The Morgan fingerprint density at radius 3 is 2.93 bits per heavy atom. The summed E-state index contributed by atoms with van der Waals surface area (Å²) in [7, 11) is 1.62. The number of para-hydroxylation sites is 2. The summed E-state index contributed by atoms with van der Waals surface area (Å²) in [4.78, 5) is 4.06. The summed E-state index contributed by atoms with van der Waals surface area (Å²) in [5, 5.41) is 4.11. The van der Waals surface area contributed by atoms with Crippen LogP contribution in [0.5, 0.6) is 5.75 Å². The molecule has 2 rings (SSSR count). The fourth-order valence-electron chi connectivity index (χ4n) is 1.41. The second-order valence-corrected chi connectivity index (χ2v) is 2.96. The molecule has 78 valence electrons. The van der Waals surface area contributed by atoms with Gasteiger partial charge in [0, 0.05) is 0 Å². The Hall–Kier alpha value is -1.88. The van der Waals surface area contributed by atoms with Crippen molar-refractivity contribution in [2.45, 2.75) is 6.54 Å². The molecule has 5 nitrogen and oxygen atoms in total. The summed E-state index contributed by atoms with van der Waals surface area (Å²) in [6.07, 6.45) is 1.48. The third-order valence-corrected chi connectivity index (χ3v) is 2.11. The maximum Gasteiger partial charge on any atom is 0.146 e. The van der Waals surface area contributed by atoms with Crippen molar-refractivity contribution < 1.29 is 4.74 Å². The molecule has 1 aromatic heterocycles. The van der Waals surface area contributed by atoms with Gasteiger partial charge in [-0.05, 0) is 12.1 Å². The molecule has 0 aliphatic carbocycles. The van der Waals surface area contributed by atoms with Gasteiger partial charge >= 0.3 is 0 Å². The van der Waals surface area contributed by atoms with E-state index in [1.54, 1.807) is 11.8 Å². The number of hydrogen-bond donors (Lipinski definition) is 1. The summed E-state index contributed by atoms with van der Waals surface area (Å²) in [5.41, 5.74) is 6.41. The Balaban J connectivity index is 2.53. The zero-order valence-electron chi connectivity index (χ0n) is 8.42. The molecule has 2 aromatic rings. The van der Waals surface area contributed by atoms with Gasteiger partial charge in [0.25, 0.3) is 0 Å². The van der Waals surface area contributed by atoms with Crippen molar-refractivity contribution >= 4 is 0 Å². The lowest BCUT2D eigenvalue weighted by atomic mass is 10.3. The van der Waals surface area contributed by atoms with Crippen molar-refractivity contribution in [1.29, 1.82) is 0 Å². The first-order valence-corrected chi connectivity index (χ1v) is 4.59. The fourth-order valence-corrected chi connectivity index (χ4v) is 1.41. The minimum Gasteiger partial charge on any atom is -0.494 e. The molecule has 1 aromatic carbocycles. The highest BCUT2D eigenvalue weighted by Gasteiger charge is 2.08. The van der Waals surface area contributed by atoms with Gasteiger partial charge in [0.05, 0.1) is 13.7 Å². The molecule has 2 N–H and O–H groups in total. The van der Waals surface area contributed by atoms with Crippen molar-refractivity contribution in [1.82, 2.24) is 14.8 Å². The van der Waals surface area contributed by atoms with Crippen LogP contribution in [-0.2, 0) is 6.54 Å². The van der Waals surface area contributed by atoms with Gasteiger partial charge in [-0.15, -0.1) is 0 Å². The summed E-state index contributed by atoms with van der Waals surface area (Å²) in [6.45, 7) is 0.345. The van der Waals surface area contributed by atoms with Crippen molar-refractivity contribution in [3.05, 3.63) is 36.4 Å². The lowest BCUT2D eigenvalue weighted by molar-refractivity contribution is 0.411. The molecule has 0 saturated carbocycles. The van der Waals surface area contributed by atoms with Crippen LogP contribution < -0.4 is 10.5 Å². The topological polar surface area (TPSA) is 66.0 Å². The van der Waals surface area contributed by atoms with Gasteiger partial charge in [0.1, 0.15) is 23.6 Å². The Morgan fingerprint density at radius 2 is 2.20 bits per heavy atom. The second kappa shape index (κ2) is 4.10. The number of methoxy groups -OCH3 is 1. The maximum atomic E-state index is 5.56. The van der Waals surface area contributed by atoms with Gasteiger partial charge in [-0.1, -0.05) is 12.1 Å². The molecule has 0 atom stereocenters. The molecular formula is C10H12N4O. The third-order valence-electron chi connectivity index (χ3n) is 2.11. The number of nitrogens with zero attached hydrogens (tertiary/aromatic N) is 3. The molecule has 15 heavy (non-hydrogen) atoms. The molecule has 5 heteroatoms. The van der Waals surface area contributed by atoms with Crippen LogP contribution in [0.4, 0.5) is 0 Å². The van der Waals surface area contributed by atoms with E-state index in [4.69, 9.17) is 10.5 Å². The number of benzene rings is 1. The van der Waals surface area contributed by atoms with Crippen molar-refractivity contribution in [3.8, 4) is 11.4 Å². The predicted octanol–water partition coefficient (Wildman–Crippen LogP) is 0.735. The molecule has 0 amide bonds. The molecule has 0 saturated heterocycles. The first-order valence-electron chi connectivity index (χ1n) is 4.59. The van der Waals surface area contributed by atoms with Crippen LogP contribution >= 0.6 is 0 Å². The first-order chi connectivity index (χ1) is 7.36. The molecule has 0 bridgehead atoms. The van der Waals surface area contributed by atoms with Gasteiger partial charge in [0.15, 0.2) is 0 Å². The summed E-state index contributed by atoms with van der Waals surface area (Å²) in [6, 6.07) is 7.60. The van der Waals surface area contributed by atoms with Crippen LogP contribution in [0.1, 0.15) is 5.82 Å². The number of ether oxygens (including phenoxy) is 1. The number of nitrogens with two attached hydrogens (primary N) is 1. The Labute approximate surface area is 87.5 Å². The van der Waals surface area contributed by atoms with E-state index in [2.05, 4.69) is 10.1 Å². The van der Waals surface area contributed by atoms with Crippen molar-refractivity contribution in [2.75, 3.05) is 7.11 Å². The lowest BCUT2D eigenvalue weighted by Gasteiger charge is -2.09. The van der Waals surface area contributed by atoms with Gasteiger partial charge in [0.2, 0.25) is 0 Å². The highest BCUT2D eigenvalue weighted by Crippen LogP contribution is 2.21. The van der Waals surface area contributed by atoms with E-state index in [1.807, 2.05) is 24.3 Å². The molecule has 0 aliphatic rings. The zero-order chi connectivity index (χ0) is 10.7. The zero-order valence-corrected chi connectivity index (χ0v) is 8.42. The van der Waals surface area contributed by atoms with Crippen LogP contribution in [0.25, 0.3) is 5.69 Å². The van der Waals surface area contributed by atoms with E-state index in [9.17, 15) is 0 Å². The van der Waals surface area contributed by atoms with Crippen LogP contribution in [0.2, 0.25) is 0 Å². The summed E-state index contributed by atoms with van der Waals surface area (Å²) >= 11 is 0. The molecule has 0 fully saturated rings. The van der Waals surface area contributed by atoms with E-state index in [0.29, 0.717) is 12.4 Å². The lowest BCUT2D eigenvalue weighted by Crippen LogP contribution is -2.08. The first kappa shape index (κ1) is 9.67. The van der Waals surface area contributed by atoms with Gasteiger partial charge in [-0.2, -0.15) is 5.10 Å². The highest BCUT2D eigenvalue weighted by molar-refractivity contribution is 5.46. The molecule has 0 aliphatic heterocycles. The molecule has 1 heterocycles. The Morgan fingerprint density at radius 1 is 1.40 bits per heavy atom. The largest absolute Gasteiger partial charge is 0.494 e.